The van der Waals surface area contributed by atoms with E-state index in [0.29, 0.717) is 24.6 Å². The van der Waals surface area contributed by atoms with Crippen molar-refractivity contribution in [2.75, 3.05) is 41.6 Å². The average Bonchev–Trinajstić information content (AvgIpc) is 3.67. The molecule has 4 N–H and O–H groups in total. The van der Waals surface area contributed by atoms with E-state index in [2.05, 4.69) is 20.9 Å². The van der Waals surface area contributed by atoms with Crippen LogP contribution in [-0.2, 0) is 19.9 Å². The molecule has 0 saturated carbocycles. The van der Waals surface area contributed by atoms with Crippen LogP contribution < -0.4 is 25.4 Å². The fourth-order valence-electron chi connectivity index (χ4n) is 6.58. The number of rotatable bonds is 11. The van der Waals surface area contributed by atoms with Gasteiger partial charge in [0.05, 0.1) is 52.2 Å². The van der Waals surface area contributed by atoms with Crippen molar-refractivity contribution >= 4 is 12.2 Å². The van der Waals surface area contributed by atoms with E-state index >= 15 is 0 Å². The summed E-state index contributed by atoms with van der Waals surface area (Å²) >= 11 is 0. The summed E-state index contributed by atoms with van der Waals surface area (Å²) in [5.41, 5.74) is 1.47. The third-order valence-corrected chi connectivity index (χ3v) is 8.62. The topological polar surface area (TPSA) is 129 Å². The van der Waals surface area contributed by atoms with Crippen molar-refractivity contribution in [2.24, 2.45) is 4.99 Å². The van der Waals surface area contributed by atoms with Gasteiger partial charge in [-0.3, -0.25) is 15.4 Å². The molecule has 0 aliphatic carbocycles. The second-order valence-electron chi connectivity index (χ2n) is 11.8. The van der Waals surface area contributed by atoms with Crippen LogP contribution in [0.25, 0.3) is 0 Å². The number of para-hydroxylation sites is 1. The van der Waals surface area contributed by atoms with Crippen LogP contribution >= 0.6 is 0 Å². The molecule has 3 aromatic carbocycles. The quantitative estimate of drug-likeness (QED) is 0.141. The van der Waals surface area contributed by atoms with E-state index < -0.39 is 42.5 Å². The van der Waals surface area contributed by atoms with Crippen LogP contribution in [0.4, 0.5) is 0 Å². The van der Waals surface area contributed by atoms with Gasteiger partial charge < -0.3 is 34.3 Å². The number of aliphatic imine (C=N–C) groups is 1. The monoisotopic (exact) mass is 630 g/mol. The molecule has 3 fully saturated rings. The summed E-state index contributed by atoms with van der Waals surface area (Å²) < 4.78 is 25.2. The van der Waals surface area contributed by atoms with E-state index in [1.807, 2.05) is 97.9 Å². The van der Waals surface area contributed by atoms with Gasteiger partial charge in [0, 0.05) is 26.1 Å². The molecular weight excluding hydrogens is 588 g/mol. The first-order chi connectivity index (χ1) is 22.3. The Morgan fingerprint density at radius 3 is 2.35 bits per heavy atom. The summed E-state index contributed by atoms with van der Waals surface area (Å²) in [7, 11) is 6.96. The van der Waals surface area contributed by atoms with E-state index in [1.165, 1.54) is 0 Å². The predicted octanol–water partition coefficient (Wildman–Crippen LogP) is 1.64. The van der Waals surface area contributed by atoms with Crippen LogP contribution in [0.1, 0.15) is 23.1 Å². The highest BCUT2D eigenvalue weighted by Gasteiger charge is 2.51. The van der Waals surface area contributed by atoms with Crippen LogP contribution in [0.5, 0.6) is 11.5 Å². The van der Waals surface area contributed by atoms with Gasteiger partial charge >= 0.3 is 0 Å². The number of aliphatic hydroxyl groups excluding tert-OH is 1. The molecule has 3 heterocycles. The lowest BCUT2D eigenvalue weighted by molar-refractivity contribution is -0.136. The second kappa shape index (κ2) is 13.8. The highest BCUT2D eigenvalue weighted by Crippen LogP contribution is 2.47. The Bertz CT molecular complexity index is 1470. The summed E-state index contributed by atoms with van der Waals surface area (Å²) in [5.74, 6) is 0.980. The predicted molar refractivity (Wildman–Crippen MR) is 172 cm³/mol. The number of nitrogens with one attached hydrogen (secondary N) is 3. The molecule has 0 bridgehead atoms. The molecule has 0 radical (unpaired) electrons. The maximum Gasteiger partial charge on any atom is 0.242 e. The van der Waals surface area contributed by atoms with Crippen molar-refractivity contribution in [3.63, 3.8) is 0 Å². The number of hydrogen-bond donors (Lipinski definition) is 4. The minimum absolute atomic E-state index is 0.163. The Balaban J connectivity index is 1.29. The van der Waals surface area contributed by atoms with Crippen molar-refractivity contribution in [2.45, 2.75) is 49.0 Å². The number of hydrogen-bond acceptors (Lipinski definition) is 10. The molecule has 3 saturated heterocycles. The van der Waals surface area contributed by atoms with Gasteiger partial charge in [-0.15, -0.1) is 0 Å². The lowest BCUT2D eigenvalue weighted by Gasteiger charge is -2.38. The van der Waals surface area contributed by atoms with Gasteiger partial charge in [0.25, 0.3) is 0 Å². The van der Waals surface area contributed by atoms with E-state index in [9.17, 15) is 9.90 Å². The van der Waals surface area contributed by atoms with Gasteiger partial charge in [-0.2, -0.15) is 0 Å². The number of fused-ring (bicyclic) bond motifs is 1. The van der Waals surface area contributed by atoms with E-state index in [0.717, 1.165) is 16.7 Å². The smallest absolute Gasteiger partial charge is 0.242 e. The fourth-order valence-corrected chi connectivity index (χ4v) is 6.58. The lowest BCUT2D eigenvalue weighted by Crippen LogP contribution is -2.68. The molecule has 12 nitrogen and oxygen atoms in total. The number of carbonyl (C=O) groups is 1. The van der Waals surface area contributed by atoms with Crippen molar-refractivity contribution in [1.29, 1.82) is 0 Å². The molecule has 0 aromatic heterocycles. The molecule has 3 aliphatic rings. The number of carbonyl (C=O) groups excluding carboxylic acids is 1. The van der Waals surface area contributed by atoms with Crippen LogP contribution in [-0.4, -0.2) is 106 Å². The normalized spacial score (nSPS) is 26.6. The first kappa shape index (κ1) is 31.9. The molecule has 3 aromatic rings. The minimum atomic E-state index is -1.10. The molecule has 6 rings (SSSR count). The van der Waals surface area contributed by atoms with Crippen LogP contribution in [0.15, 0.2) is 83.9 Å². The van der Waals surface area contributed by atoms with Gasteiger partial charge in [0.1, 0.15) is 17.9 Å². The Morgan fingerprint density at radius 2 is 1.72 bits per heavy atom. The maximum atomic E-state index is 12.9. The van der Waals surface area contributed by atoms with Crippen molar-refractivity contribution in [3.8, 4) is 11.5 Å². The van der Waals surface area contributed by atoms with Crippen LogP contribution in [0.2, 0.25) is 0 Å². The molecule has 244 valence electrons. The second-order valence-corrected chi connectivity index (χ2v) is 11.8. The number of aliphatic hydroxyl groups is 1. The Labute approximate surface area is 269 Å². The van der Waals surface area contributed by atoms with Gasteiger partial charge in [-0.1, -0.05) is 72.8 Å². The zero-order valence-corrected chi connectivity index (χ0v) is 26.5. The Morgan fingerprint density at radius 1 is 1.02 bits per heavy atom. The highest BCUT2D eigenvalue weighted by molar-refractivity contribution is 5.84. The fraction of sp³-hybridized carbons (Fsp3) is 0.412. The zero-order chi connectivity index (χ0) is 32.3. The first-order valence-electron chi connectivity index (χ1n) is 15.4. The average molecular weight is 631 g/mol. The Hall–Kier alpha value is -4.04. The van der Waals surface area contributed by atoms with E-state index in [1.54, 1.807) is 25.5 Å². The number of methoxy groups -OCH3 is 2. The SMILES string of the molecule is COc1cccc(C(OC[C@@H]2C[C@@H](O)[C@H](N3CNC4C(=O)NC(/N=C/N(C)C)NC43)O2)(c2ccccc2)c2ccccc2)c1OC. The molecule has 6 atom stereocenters. The van der Waals surface area contributed by atoms with Gasteiger partial charge in [0.2, 0.25) is 5.91 Å². The van der Waals surface area contributed by atoms with Gasteiger partial charge in [0.15, 0.2) is 17.8 Å². The van der Waals surface area contributed by atoms with E-state index in [4.69, 9.17) is 18.9 Å². The molecule has 46 heavy (non-hydrogen) atoms. The molecular formula is C34H42N6O6. The maximum absolute atomic E-state index is 12.9. The van der Waals surface area contributed by atoms with Crippen molar-refractivity contribution in [1.82, 2.24) is 25.8 Å². The minimum Gasteiger partial charge on any atom is -0.493 e. The zero-order valence-electron chi connectivity index (χ0n) is 26.5. The molecule has 12 heteroatoms. The largest absolute Gasteiger partial charge is 0.493 e. The number of nitrogens with zero attached hydrogens (tertiary/aromatic N) is 3. The van der Waals surface area contributed by atoms with Crippen molar-refractivity contribution in [3.05, 3.63) is 95.6 Å². The molecule has 3 aliphatic heterocycles. The van der Waals surface area contributed by atoms with Gasteiger partial charge in [-0.05, 0) is 17.2 Å². The van der Waals surface area contributed by atoms with E-state index in [-0.39, 0.29) is 12.5 Å². The number of ether oxygens (including phenoxy) is 4. The number of benzene rings is 3. The first-order valence-corrected chi connectivity index (χ1v) is 15.4. The summed E-state index contributed by atoms with van der Waals surface area (Å²) in [6.07, 6.45) is -0.953. The van der Waals surface area contributed by atoms with Crippen LogP contribution in [0, 0.1) is 0 Å². The highest BCUT2D eigenvalue weighted by atomic mass is 16.6. The summed E-state index contributed by atoms with van der Waals surface area (Å²) in [4.78, 5) is 21.0. The summed E-state index contributed by atoms with van der Waals surface area (Å²) in [5, 5.41) is 20.8. The molecule has 1 amide bonds. The molecule has 0 spiro atoms. The van der Waals surface area contributed by atoms with Gasteiger partial charge in [-0.25, -0.2) is 9.89 Å². The summed E-state index contributed by atoms with van der Waals surface area (Å²) in [6, 6.07) is 25.2. The molecule has 3 unspecified atom stereocenters. The Kier molecular flexibility index (Phi) is 9.54. The van der Waals surface area contributed by atoms with Crippen molar-refractivity contribution < 1.29 is 28.8 Å². The lowest BCUT2D eigenvalue weighted by atomic mass is 9.79. The summed E-state index contributed by atoms with van der Waals surface area (Å²) in [6.45, 7) is 0.519. The number of amides is 1. The van der Waals surface area contributed by atoms with Crippen LogP contribution in [0.3, 0.4) is 0 Å². The standard InChI is InChI=1S/C34H42N6O6/c1-39(2)20-36-33-37-30-28(31(42)38-33)35-21-40(30)32-26(41)18-24(46-32)19-45-34(22-12-7-5-8-13-22,23-14-9-6-10-15-23)25-16-11-17-27(43-3)29(25)44-4/h5-17,20,24,26,28,30,32-33,35,37,41H,18-19,21H2,1-4H3,(H,38,42)/b36-20+/t24-,26+,28?,30?,32+,33?/m0/s1. The third-order valence-electron chi connectivity index (χ3n) is 8.62. The third kappa shape index (κ3) is 6.07.